The van der Waals surface area contributed by atoms with Crippen molar-refractivity contribution in [2.75, 3.05) is 5.32 Å². The Labute approximate surface area is 177 Å². The molecule has 0 fully saturated rings. The standard InChI is InChI=1S/C24H19N5O2/c1-16-15-22(27-26-16)25-23-20-9-5-6-10-21(20)24(30)29(28-23)17-11-13-19(14-12-17)31-18-7-3-2-4-8-18/h2-15H,1H3,(H2,25,26,27,28). The number of anilines is 2. The maximum absolute atomic E-state index is 13.1. The Morgan fingerprint density at radius 2 is 1.55 bits per heavy atom. The fourth-order valence-electron chi connectivity index (χ4n) is 3.34. The molecule has 0 saturated carbocycles. The molecule has 0 unspecified atom stereocenters. The Hall–Kier alpha value is -4.39. The number of nitrogens with zero attached hydrogens (tertiary/aromatic N) is 3. The predicted molar refractivity (Wildman–Crippen MR) is 120 cm³/mol. The van der Waals surface area contributed by atoms with Crippen molar-refractivity contribution in [3.8, 4) is 17.2 Å². The summed E-state index contributed by atoms with van der Waals surface area (Å²) in [5, 5.41) is 16.2. The molecule has 31 heavy (non-hydrogen) atoms. The number of H-pyrrole nitrogens is 1. The largest absolute Gasteiger partial charge is 0.457 e. The van der Waals surface area contributed by atoms with Crippen molar-refractivity contribution < 1.29 is 4.74 Å². The van der Waals surface area contributed by atoms with Crippen LogP contribution in [0, 0.1) is 6.92 Å². The molecular formula is C24H19N5O2. The first-order valence-electron chi connectivity index (χ1n) is 9.82. The SMILES string of the molecule is Cc1cc(Nc2nn(-c3ccc(Oc4ccccc4)cc3)c(=O)c3ccccc23)n[nH]1. The van der Waals surface area contributed by atoms with Gasteiger partial charge >= 0.3 is 0 Å². The van der Waals surface area contributed by atoms with E-state index in [1.807, 2.05) is 85.8 Å². The van der Waals surface area contributed by atoms with Crippen molar-refractivity contribution in [3.05, 3.63) is 101 Å². The summed E-state index contributed by atoms with van der Waals surface area (Å²) >= 11 is 0. The number of aromatic nitrogens is 4. The predicted octanol–water partition coefficient (Wildman–Crippen LogP) is 4.95. The van der Waals surface area contributed by atoms with E-state index in [1.165, 1.54) is 4.68 Å². The van der Waals surface area contributed by atoms with E-state index in [4.69, 9.17) is 4.74 Å². The summed E-state index contributed by atoms with van der Waals surface area (Å²) in [6.45, 7) is 1.92. The highest BCUT2D eigenvalue weighted by molar-refractivity contribution is 5.92. The van der Waals surface area contributed by atoms with Crippen molar-refractivity contribution >= 4 is 22.4 Å². The van der Waals surface area contributed by atoms with Gasteiger partial charge in [-0.15, -0.1) is 5.10 Å². The number of nitrogens with one attached hydrogen (secondary N) is 2. The van der Waals surface area contributed by atoms with Gasteiger partial charge in [-0.25, -0.2) is 0 Å². The number of rotatable bonds is 5. The Morgan fingerprint density at radius 3 is 2.26 bits per heavy atom. The van der Waals surface area contributed by atoms with E-state index in [2.05, 4.69) is 20.6 Å². The van der Waals surface area contributed by atoms with Gasteiger partial charge in [0.15, 0.2) is 11.6 Å². The molecule has 2 aromatic heterocycles. The number of hydrogen-bond donors (Lipinski definition) is 2. The van der Waals surface area contributed by atoms with Crippen LogP contribution < -0.4 is 15.6 Å². The van der Waals surface area contributed by atoms with Gasteiger partial charge in [-0.05, 0) is 49.4 Å². The molecule has 0 amide bonds. The molecule has 2 N–H and O–H groups in total. The minimum atomic E-state index is -0.198. The first kappa shape index (κ1) is 18.6. The molecular weight excluding hydrogens is 390 g/mol. The maximum atomic E-state index is 13.1. The third-order valence-electron chi connectivity index (χ3n) is 4.82. The van der Waals surface area contributed by atoms with Gasteiger partial charge in [-0.1, -0.05) is 36.4 Å². The Balaban J connectivity index is 1.54. The average Bonchev–Trinajstić information content (AvgIpc) is 3.22. The summed E-state index contributed by atoms with van der Waals surface area (Å²) < 4.78 is 7.23. The molecule has 5 aromatic rings. The lowest BCUT2D eigenvalue weighted by Gasteiger charge is -2.12. The number of aromatic amines is 1. The number of para-hydroxylation sites is 1. The van der Waals surface area contributed by atoms with Gasteiger partial charge in [-0.3, -0.25) is 9.89 Å². The number of aryl methyl sites for hydroxylation is 1. The third-order valence-corrected chi connectivity index (χ3v) is 4.82. The van der Waals surface area contributed by atoms with Crippen molar-refractivity contribution in [1.29, 1.82) is 0 Å². The van der Waals surface area contributed by atoms with Gasteiger partial charge in [0.25, 0.3) is 5.56 Å². The highest BCUT2D eigenvalue weighted by Gasteiger charge is 2.13. The summed E-state index contributed by atoms with van der Waals surface area (Å²) in [4.78, 5) is 13.1. The minimum absolute atomic E-state index is 0.198. The van der Waals surface area contributed by atoms with E-state index >= 15 is 0 Å². The molecule has 0 atom stereocenters. The van der Waals surface area contributed by atoms with Crippen LogP contribution in [-0.4, -0.2) is 20.0 Å². The lowest BCUT2D eigenvalue weighted by molar-refractivity contribution is 0.482. The first-order chi connectivity index (χ1) is 15.2. The van der Waals surface area contributed by atoms with E-state index < -0.39 is 0 Å². The second kappa shape index (κ2) is 7.79. The van der Waals surface area contributed by atoms with Gasteiger partial charge in [0.05, 0.1) is 11.1 Å². The van der Waals surface area contributed by atoms with E-state index in [1.54, 1.807) is 6.07 Å². The van der Waals surface area contributed by atoms with Crippen LogP contribution in [-0.2, 0) is 0 Å². The zero-order chi connectivity index (χ0) is 21.2. The van der Waals surface area contributed by atoms with E-state index in [-0.39, 0.29) is 5.56 Å². The van der Waals surface area contributed by atoms with Crippen LogP contribution in [0.15, 0.2) is 89.7 Å². The maximum Gasteiger partial charge on any atom is 0.279 e. The Kier molecular flexibility index (Phi) is 4.68. The molecule has 0 aliphatic rings. The number of ether oxygens (including phenoxy) is 1. The minimum Gasteiger partial charge on any atom is -0.457 e. The highest BCUT2D eigenvalue weighted by Crippen LogP contribution is 2.24. The monoisotopic (exact) mass is 409 g/mol. The van der Waals surface area contributed by atoms with Crippen LogP contribution in [0.3, 0.4) is 0 Å². The molecule has 152 valence electrons. The average molecular weight is 409 g/mol. The van der Waals surface area contributed by atoms with Gasteiger partial charge in [-0.2, -0.15) is 9.78 Å². The van der Waals surface area contributed by atoms with Crippen LogP contribution in [0.4, 0.5) is 11.6 Å². The van der Waals surface area contributed by atoms with Crippen molar-refractivity contribution in [2.24, 2.45) is 0 Å². The highest BCUT2D eigenvalue weighted by atomic mass is 16.5. The van der Waals surface area contributed by atoms with Crippen LogP contribution in [0.2, 0.25) is 0 Å². The smallest absolute Gasteiger partial charge is 0.279 e. The van der Waals surface area contributed by atoms with Crippen molar-refractivity contribution in [3.63, 3.8) is 0 Å². The fraction of sp³-hybridized carbons (Fsp3) is 0.0417. The zero-order valence-corrected chi connectivity index (χ0v) is 16.7. The lowest BCUT2D eigenvalue weighted by atomic mass is 10.2. The van der Waals surface area contributed by atoms with Gasteiger partial charge in [0.1, 0.15) is 11.5 Å². The van der Waals surface area contributed by atoms with Gasteiger partial charge in [0.2, 0.25) is 0 Å². The molecule has 7 heteroatoms. The van der Waals surface area contributed by atoms with Crippen LogP contribution >= 0.6 is 0 Å². The lowest BCUT2D eigenvalue weighted by Crippen LogP contribution is -2.22. The van der Waals surface area contributed by atoms with Crippen LogP contribution in [0.1, 0.15) is 5.69 Å². The molecule has 0 radical (unpaired) electrons. The quantitative estimate of drug-likeness (QED) is 0.429. The topological polar surface area (TPSA) is 84.8 Å². The number of benzene rings is 3. The first-order valence-corrected chi connectivity index (χ1v) is 9.82. The summed E-state index contributed by atoms with van der Waals surface area (Å²) in [7, 11) is 0. The molecule has 7 nitrogen and oxygen atoms in total. The fourth-order valence-corrected chi connectivity index (χ4v) is 3.34. The molecule has 5 rings (SSSR count). The normalized spacial score (nSPS) is 10.9. The summed E-state index contributed by atoms with van der Waals surface area (Å²) in [6.07, 6.45) is 0. The number of hydrogen-bond acceptors (Lipinski definition) is 5. The van der Waals surface area contributed by atoms with Crippen LogP contribution in [0.5, 0.6) is 11.5 Å². The van der Waals surface area contributed by atoms with E-state index in [0.29, 0.717) is 28.5 Å². The Bertz CT molecular complexity index is 1410. The molecule has 3 aromatic carbocycles. The molecule has 0 aliphatic heterocycles. The third kappa shape index (κ3) is 3.76. The second-order valence-electron chi connectivity index (χ2n) is 7.08. The van der Waals surface area contributed by atoms with Gasteiger partial charge in [0, 0.05) is 17.1 Å². The second-order valence-corrected chi connectivity index (χ2v) is 7.08. The molecule has 0 bridgehead atoms. The van der Waals surface area contributed by atoms with Crippen LogP contribution in [0.25, 0.3) is 16.5 Å². The Morgan fingerprint density at radius 1 is 0.871 bits per heavy atom. The molecule has 0 aliphatic carbocycles. The zero-order valence-electron chi connectivity index (χ0n) is 16.7. The summed E-state index contributed by atoms with van der Waals surface area (Å²) in [5.74, 6) is 2.60. The molecule has 0 saturated heterocycles. The summed E-state index contributed by atoms with van der Waals surface area (Å²) in [5.41, 5.74) is 1.36. The van der Waals surface area contributed by atoms with E-state index in [9.17, 15) is 4.79 Å². The molecule has 0 spiro atoms. The van der Waals surface area contributed by atoms with Crippen molar-refractivity contribution in [2.45, 2.75) is 6.92 Å². The van der Waals surface area contributed by atoms with E-state index in [0.717, 1.165) is 16.8 Å². The molecule has 2 heterocycles. The summed E-state index contributed by atoms with van der Waals surface area (Å²) in [6, 6.07) is 26.0. The van der Waals surface area contributed by atoms with Crippen molar-refractivity contribution in [1.82, 2.24) is 20.0 Å². The number of fused-ring (bicyclic) bond motifs is 1. The van der Waals surface area contributed by atoms with Gasteiger partial charge < -0.3 is 10.1 Å².